The molecule has 1 aromatic heterocycles. The van der Waals surface area contributed by atoms with Crippen molar-refractivity contribution in [3.05, 3.63) is 28.9 Å². The number of anilines is 2. The van der Waals surface area contributed by atoms with Gasteiger partial charge in [0.05, 0.1) is 31.0 Å². The van der Waals surface area contributed by atoms with Gasteiger partial charge in [0.15, 0.2) is 22.8 Å². The van der Waals surface area contributed by atoms with Gasteiger partial charge >= 0.3 is 6.08 Å². The Morgan fingerprint density at radius 1 is 1.41 bits per heavy atom. The average Bonchev–Trinajstić information content (AvgIpc) is 3.00. The second-order valence-corrected chi connectivity index (χ2v) is 7.55. The van der Waals surface area contributed by atoms with Crippen molar-refractivity contribution in [1.82, 2.24) is 9.97 Å². The summed E-state index contributed by atoms with van der Waals surface area (Å²) < 4.78 is 25.4. The number of hydrogen-bond acceptors (Lipinski definition) is 7. The number of thioether (sulfide) groups is 1. The van der Waals surface area contributed by atoms with E-state index < -0.39 is 6.08 Å². The maximum Gasteiger partial charge on any atom is 0.310 e. The normalized spacial score (nSPS) is 15.1. The SMILES string of the molecule is C#CCCCN1c2nc(F)ncc2NC1Sc1c(Br)ccc(OC)c1OC. The van der Waals surface area contributed by atoms with Crippen LogP contribution in [0.1, 0.15) is 12.8 Å². The Kier molecular flexibility index (Phi) is 6.29. The zero-order chi connectivity index (χ0) is 19.4. The van der Waals surface area contributed by atoms with Gasteiger partial charge in [0.2, 0.25) is 0 Å². The molecule has 0 fully saturated rings. The topological polar surface area (TPSA) is 59.5 Å². The van der Waals surface area contributed by atoms with Crippen LogP contribution in [0.2, 0.25) is 0 Å². The van der Waals surface area contributed by atoms with E-state index in [0.717, 1.165) is 15.8 Å². The minimum absolute atomic E-state index is 0.230. The highest BCUT2D eigenvalue weighted by atomic mass is 79.9. The Morgan fingerprint density at radius 3 is 2.93 bits per heavy atom. The summed E-state index contributed by atoms with van der Waals surface area (Å²) in [6.07, 6.45) is 7.44. The summed E-state index contributed by atoms with van der Waals surface area (Å²) >= 11 is 5.08. The molecule has 1 aliphatic rings. The quantitative estimate of drug-likeness (QED) is 0.385. The first-order valence-electron chi connectivity index (χ1n) is 8.15. The van der Waals surface area contributed by atoms with Crippen molar-refractivity contribution in [1.29, 1.82) is 0 Å². The third-order valence-electron chi connectivity index (χ3n) is 3.97. The highest BCUT2D eigenvalue weighted by Gasteiger charge is 2.33. The van der Waals surface area contributed by atoms with Crippen molar-refractivity contribution in [3.63, 3.8) is 0 Å². The first-order valence-corrected chi connectivity index (χ1v) is 9.82. The molecule has 0 saturated heterocycles. The molecule has 0 amide bonds. The van der Waals surface area contributed by atoms with Crippen LogP contribution in [-0.2, 0) is 0 Å². The second-order valence-electron chi connectivity index (χ2n) is 5.60. The van der Waals surface area contributed by atoms with Gasteiger partial charge in [0.1, 0.15) is 0 Å². The number of ether oxygens (including phenoxy) is 2. The molecule has 0 radical (unpaired) electrons. The fourth-order valence-electron chi connectivity index (χ4n) is 2.76. The Labute approximate surface area is 170 Å². The van der Waals surface area contributed by atoms with Gasteiger partial charge in [-0.05, 0) is 34.5 Å². The Balaban J connectivity index is 1.93. The van der Waals surface area contributed by atoms with Crippen LogP contribution in [0.5, 0.6) is 11.5 Å². The van der Waals surface area contributed by atoms with E-state index in [0.29, 0.717) is 36.0 Å². The number of aromatic nitrogens is 2. The van der Waals surface area contributed by atoms with Gasteiger partial charge in [-0.3, -0.25) is 0 Å². The third-order valence-corrected chi connectivity index (χ3v) is 6.13. The van der Waals surface area contributed by atoms with E-state index in [-0.39, 0.29) is 5.50 Å². The zero-order valence-corrected chi connectivity index (χ0v) is 17.2. The van der Waals surface area contributed by atoms with Gasteiger partial charge in [0, 0.05) is 17.4 Å². The van der Waals surface area contributed by atoms with Crippen LogP contribution < -0.4 is 19.7 Å². The fourth-order valence-corrected chi connectivity index (χ4v) is 4.56. The number of nitrogens with one attached hydrogen (secondary N) is 1. The van der Waals surface area contributed by atoms with E-state index in [1.807, 2.05) is 17.0 Å². The van der Waals surface area contributed by atoms with E-state index in [2.05, 4.69) is 37.1 Å². The molecular formula is C18H18BrFN4O2S. The Bertz CT molecular complexity index is 877. The molecule has 0 spiro atoms. The van der Waals surface area contributed by atoms with E-state index in [9.17, 15) is 4.39 Å². The van der Waals surface area contributed by atoms with Crippen molar-refractivity contribution in [3.8, 4) is 23.8 Å². The number of unbranched alkanes of at least 4 members (excludes halogenated alkanes) is 1. The summed E-state index contributed by atoms with van der Waals surface area (Å²) in [5, 5.41) is 3.33. The molecule has 0 aliphatic carbocycles. The van der Waals surface area contributed by atoms with Gasteiger partial charge in [-0.25, -0.2) is 4.98 Å². The van der Waals surface area contributed by atoms with E-state index >= 15 is 0 Å². The van der Waals surface area contributed by atoms with Gasteiger partial charge < -0.3 is 19.7 Å². The van der Waals surface area contributed by atoms with Crippen LogP contribution in [0.15, 0.2) is 27.7 Å². The summed E-state index contributed by atoms with van der Waals surface area (Å²) in [5.41, 5.74) is 0.443. The lowest BCUT2D eigenvalue weighted by molar-refractivity contribution is 0.347. The summed E-state index contributed by atoms with van der Waals surface area (Å²) in [7, 11) is 3.19. The van der Waals surface area contributed by atoms with Crippen molar-refractivity contribution < 1.29 is 13.9 Å². The maximum absolute atomic E-state index is 13.6. The van der Waals surface area contributed by atoms with Crippen LogP contribution in [0.4, 0.5) is 15.9 Å². The van der Waals surface area contributed by atoms with E-state index in [1.165, 1.54) is 18.0 Å². The molecule has 1 aliphatic heterocycles. The molecule has 9 heteroatoms. The molecule has 0 bridgehead atoms. The van der Waals surface area contributed by atoms with Crippen LogP contribution in [-0.4, -0.2) is 36.2 Å². The molecule has 27 heavy (non-hydrogen) atoms. The largest absolute Gasteiger partial charge is 0.493 e. The number of methoxy groups -OCH3 is 2. The van der Waals surface area contributed by atoms with Crippen LogP contribution in [0.25, 0.3) is 0 Å². The molecule has 1 aromatic carbocycles. The van der Waals surface area contributed by atoms with Gasteiger partial charge in [-0.2, -0.15) is 9.37 Å². The molecular weight excluding hydrogens is 435 g/mol. The molecule has 142 valence electrons. The first kappa shape index (κ1) is 19.6. The van der Waals surface area contributed by atoms with Gasteiger partial charge in [0.25, 0.3) is 0 Å². The molecule has 1 N–H and O–H groups in total. The summed E-state index contributed by atoms with van der Waals surface area (Å²) in [6.45, 7) is 0.627. The van der Waals surface area contributed by atoms with Crippen molar-refractivity contribution >= 4 is 39.2 Å². The third kappa shape index (κ3) is 4.06. The molecule has 1 atom stereocenters. The minimum atomic E-state index is -0.761. The molecule has 2 aromatic rings. The number of benzene rings is 1. The lowest BCUT2D eigenvalue weighted by atomic mass is 10.3. The monoisotopic (exact) mass is 452 g/mol. The minimum Gasteiger partial charge on any atom is -0.493 e. The summed E-state index contributed by atoms with van der Waals surface area (Å²) in [5.74, 6) is 4.40. The molecule has 0 saturated carbocycles. The van der Waals surface area contributed by atoms with E-state index in [4.69, 9.17) is 15.9 Å². The number of hydrogen-bond donors (Lipinski definition) is 1. The number of nitrogens with zero attached hydrogens (tertiary/aromatic N) is 3. The molecule has 6 nitrogen and oxygen atoms in total. The number of rotatable bonds is 7. The number of terminal acetylenes is 1. The highest BCUT2D eigenvalue weighted by molar-refractivity contribution is 9.10. The lowest BCUT2D eigenvalue weighted by Gasteiger charge is -2.26. The fraction of sp³-hybridized carbons (Fsp3) is 0.333. The van der Waals surface area contributed by atoms with Gasteiger partial charge in [-0.15, -0.1) is 12.3 Å². The summed E-state index contributed by atoms with van der Waals surface area (Å²) in [6, 6.07) is 3.73. The van der Waals surface area contributed by atoms with Crippen LogP contribution in [0.3, 0.4) is 0 Å². The molecule has 2 heterocycles. The zero-order valence-electron chi connectivity index (χ0n) is 14.8. The van der Waals surface area contributed by atoms with Crippen LogP contribution >= 0.6 is 27.7 Å². The van der Waals surface area contributed by atoms with E-state index in [1.54, 1.807) is 14.2 Å². The number of fused-ring (bicyclic) bond motifs is 1. The standard InChI is InChI=1S/C18H18BrFN4O2S/c1-4-5-6-9-24-16-12(10-21-17(20)23-16)22-18(24)27-15-11(19)7-8-13(25-2)14(15)26-3/h1,7-8,10,18,22H,5-6,9H2,2-3H3. The Hall–Kier alpha value is -2.18. The molecule has 1 unspecified atom stereocenters. The average molecular weight is 453 g/mol. The smallest absolute Gasteiger partial charge is 0.310 e. The first-order chi connectivity index (χ1) is 13.1. The number of halogens is 2. The molecule has 3 rings (SSSR count). The highest BCUT2D eigenvalue weighted by Crippen LogP contribution is 2.47. The maximum atomic E-state index is 13.6. The van der Waals surface area contributed by atoms with Crippen molar-refractivity contribution in [2.45, 2.75) is 23.2 Å². The van der Waals surface area contributed by atoms with Gasteiger partial charge in [-0.1, -0.05) is 11.8 Å². The van der Waals surface area contributed by atoms with Crippen molar-refractivity contribution in [2.24, 2.45) is 0 Å². The van der Waals surface area contributed by atoms with Crippen LogP contribution in [0, 0.1) is 18.4 Å². The predicted octanol–water partition coefficient (Wildman–Crippen LogP) is 4.12. The second kappa shape index (κ2) is 8.67. The predicted molar refractivity (Wildman–Crippen MR) is 108 cm³/mol. The Morgan fingerprint density at radius 2 is 2.22 bits per heavy atom. The summed E-state index contributed by atoms with van der Waals surface area (Å²) in [4.78, 5) is 10.4. The van der Waals surface area contributed by atoms with Crippen molar-refractivity contribution in [2.75, 3.05) is 31.0 Å². The lowest BCUT2D eigenvalue weighted by Crippen LogP contribution is -2.34.